The molecule has 4 nitrogen and oxygen atoms in total. The molecule has 5 atom stereocenters. The smallest absolute Gasteiger partial charge is 0.187 e. The number of fused-ring (bicyclic) bond motifs is 1. The Morgan fingerprint density at radius 3 is 2.80 bits per heavy atom. The van der Waals surface area contributed by atoms with Gasteiger partial charge >= 0.3 is 0 Å². The van der Waals surface area contributed by atoms with E-state index < -0.39 is 12.4 Å². The molecule has 3 saturated heterocycles. The number of ether oxygens (including phenoxy) is 3. The molecular formula is C6H8O4. The molecule has 0 aromatic heterocycles. The summed E-state index contributed by atoms with van der Waals surface area (Å²) >= 11 is 0. The molecule has 3 aliphatic heterocycles. The molecule has 0 aromatic carbocycles. The van der Waals surface area contributed by atoms with Crippen LogP contribution in [0.2, 0.25) is 0 Å². The van der Waals surface area contributed by atoms with Crippen LogP contribution >= 0.6 is 0 Å². The van der Waals surface area contributed by atoms with Crippen LogP contribution in [0.3, 0.4) is 0 Å². The Balaban J connectivity index is 2.00. The van der Waals surface area contributed by atoms with Crippen LogP contribution in [-0.2, 0) is 14.2 Å². The van der Waals surface area contributed by atoms with E-state index in [9.17, 15) is 5.11 Å². The fourth-order valence-electron chi connectivity index (χ4n) is 1.86. The van der Waals surface area contributed by atoms with Crippen LogP contribution in [0.4, 0.5) is 0 Å². The molecule has 56 valence electrons. The van der Waals surface area contributed by atoms with Crippen molar-refractivity contribution in [3.63, 3.8) is 0 Å². The quantitative estimate of drug-likeness (QED) is 0.467. The van der Waals surface area contributed by atoms with Crippen molar-refractivity contribution in [1.82, 2.24) is 0 Å². The van der Waals surface area contributed by atoms with Gasteiger partial charge in [0.25, 0.3) is 0 Å². The Bertz CT molecular complexity index is 169. The average Bonchev–Trinajstić information content (AvgIpc) is 2.43. The van der Waals surface area contributed by atoms with Crippen LogP contribution in [0, 0.1) is 0 Å². The first-order valence-electron chi connectivity index (χ1n) is 3.47. The van der Waals surface area contributed by atoms with Gasteiger partial charge in [0, 0.05) is 0 Å². The second-order valence-corrected chi connectivity index (χ2v) is 2.93. The summed E-state index contributed by atoms with van der Waals surface area (Å²) in [6.07, 6.45) is -1.02. The lowest BCUT2D eigenvalue weighted by molar-refractivity contribution is -0.104. The van der Waals surface area contributed by atoms with E-state index in [1.54, 1.807) is 0 Å². The number of aliphatic hydroxyl groups is 1. The lowest BCUT2D eigenvalue weighted by Gasteiger charge is -2.17. The minimum absolute atomic E-state index is 0.000000000000000222. The maximum absolute atomic E-state index is 9.33. The highest BCUT2D eigenvalue weighted by atomic mass is 16.8. The van der Waals surface area contributed by atoms with Crippen molar-refractivity contribution in [3.05, 3.63) is 0 Å². The van der Waals surface area contributed by atoms with Crippen LogP contribution < -0.4 is 0 Å². The van der Waals surface area contributed by atoms with Gasteiger partial charge in [0.2, 0.25) is 0 Å². The standard InChI is InChI=1S/C6H8O4/c7-3-5-4-2(1-8-5)9-6(3)10-4/h2-7H,1H2/t2-,3-,4-,5-,6?/m1/s1. The van der Waals surface area contributed by atoms with Crippen molar-refractivity contribution >= 4 is 0 Å². The van der Waals surface area contributed by atoms with E-state index in [1.807, 2.05) is 0 Å². The molecule has 3 heterocycles. The Hall–Kier alpha value is -0.160. The van der Waals surface area contributed by atoms with Gasteiger partial charge in [0.15, 0.2) is 6.29 Å². The van der Waals surface area contributed by atoms with Crippen LogP contribution in [-0.4, -0.2) is 42.4 Å². The van der Waals surface area contributed by atoms with Crippen LogP contribution in [0.5, 0.6) is 0 Å². The van der Waals surface area contributed by atoms with E-state index in [1.165, 1.54) is 0 Å². The molecule has 3 rings (SSSR count). The molecule has 0 spiro atoms. The van der Waals surface area contributed by atoms with E-state index >= 15 is 0 Å². The summed E-state index contributed by atoms with van der Waals surface area (Å²) < 4.78 is 15.8. The monoisotopic (exact) mass is 144 g/mol. The first-order valence-corrected chi connectivity index (χ1v) is 3.47. The summed E-state index contributed by atoms with van der Waals surface area (Å²) in [7, 11) is 0. The molecule has 0 aromatic rings. The van der Waals surface area contributed by atoms with Gasteiger partial charge in [-0.25, -0.2) is 0 Å². The number of hydrogen-bond donors (Lipinski definition) is 1. The molecule has 0 aliphatic carbocycles. The minimum atomic E-state index is -0.566. The lowest BCUT2D eigenvalue weighted by atomic mass is 10.1. The zero-order valence-electron chi connectivity index (χ0n) is 5.27. The average molecular weight is 144 g/mol. The van der Waals surface area contributed by atoms with E-state index in [0.717, 1.165) is 0 Å². The first-order chi connectivity index (χ1) is 4.86. The molecule has 2 bridgehead atoms. The van der Waals surface area contributed by atoms with Gasteiger partial charge in [-0.1, -0.05) is 0 Å². The molecule has 4 heteroatoms. The third-order valence-corrected chi connectivity index (χ3v) is 2.36. The number of rotatable bonds is 0. The summed E-state index contributed by atoms with van der Waals surface area (Å²) in [5.74, 6) is 0. The predicted molar refractivity (Wildman–Crippen MR) is 29.3 cm³/mol. The third kappa shape index (κ3) is 0.441. The normalized spacial score (nSPS) is 63.9. The van der Waals surface area contributed by atoms with E-state index in [0.29, 0.717) is 6.61 Å². The molecule has 1 N–H and O–H groups in total. The van der Waals surface area contributed by atoms with Gasteiger partial charge < -0.3 is 19.3 Å². The number of hydrogen-bond acceptors (Lipinski definition) is 4. The molecule has 0 amide bonds. The first kappa shape index (κ1) is 5.49. The van der Waals surface area contributed by atoms with Gasteiger partial charge in [-0.3, -0.25) is 0 Å². The van der Waals surface area contributed by atoms with Gasteiger partial charge in [-0.15, -0.1) is 0 Å². The Morgan fingerprint density at radius 2 is 2.10 bits per heavy atom. The minimum Gasteiger partial charge on any atom is -0.385 e. The fraction of sp³-hybridized carbons (Fsp3) is 1.00. The largest absolute Gasteiger partial charge is 0.385 e. The molecule has 3 fully saturated rings. The second-order valence-electron chi connectivity index (χ2n) is 2.93. The lowest BCUT2D eigenvalue weighted by Crippen LogP contribution is -2.39. The van der Waals surface area contributed by atoms with Crippen molar-refractivity contribution in [2.75, 3.05) is 6.61 Å². The van der Waals surface area contributed by atoms with Gasteiger partial charge in [-0.05, 0) is 0 Å². The third-order valence-electron chi connectivity index (χ3n) is 2.36. The Morgan fingerprint density at radius 1 is 1.20 bits per heavy atom. The van der Waals surface area contributed by atoms with Gasteiger partial charge in [0.1, 0.15) is 24.4 Å². The maximum atomic E-state index is 9.33. The fourth-order valence-corrected chi connectivity index (χ4v) is 1.86. The maximum Gasteiger partial charge on any atom is 0.187 e. The van der Waals surface area contributed by atoms with E-state index in [4.69, 9.17) is 14.2 Å². The Labute approximate surface area is 57.7 Å². The summed E-state index contributed by atoms with van der Waals surface area (Å²) in [5.41, 5.74) is 0. The molecule has 0 radical (unpaired) electrons. The topological polar surface area (TPSA) is 47.9 Å². The molecular weight excluding hydrogens is 136 g/mol. The molecule has 10 heavy (non-hydrogen) atoms. The van der Waals surface area contributed by atoms with Crippen LogP contribution in [0.25, 0.3) is 0 Å². The summed E-state index contributed by atoms with van der Waals surface area (Å²) in [5, 5.41) is 9.33. The molecule has 3 aliphatic rings. The SMILES string of the molecule is O[C@H]1C2O[C@H]3[C@@H]1OC[C@H]3O2. The summed E-state index contributed by atoms with van der Waals surface area (Å²) in [6, 6.07) is 0. The highest BCUT2D eigenvalue weighted by Gasteiger charge is 2.59. The van der Waals surface area contributed by atoms with Crippen molar-refractivity contribution in [1.29, 1.82) is 0 Å². The van der Waals surface area contributed by atoms with Crippen LogP contribution in [0.15, 0.2) is 0 Å². The van der Waals surface area contributed by atoms with Crippen molar-refractivity contribution in [3.8, 4) is 0 Å². The predicted octanol–water partition coefficient (Wildman–Crippen LogP) is -1.13. The molecule has 0 saturated carbocycles. The van der Waals surface area contributed by atoms with Crippen LogP contribution in [0.1, 0.15) is 0 Å². The second kappa shape index (κ2) is 1.53. The zero-order valence-corrected chi connectivity index (χ0v) is 5.27. The highest BCUT2D eigenvalue weighted by Crippen LogP contribution is 2.40. The van der Waals surface area contributed by atoms with E-state index in [-0.39, 0.29) is 18.3 Å². The van der Waals surface area contributed by atoms with Crippen molar-refractivity contribution < 1.29 is 19.3 Å². The Kier molecular flexibility index (Phi) is 0.840. The van der Waals surface area contributed by atoms with Crippen molar-refractivity contribution in [2.24, 2.45) is 0 Å². The van der Waals surface area contributed by atoms with Crippen molar-refractivity contribution in [2.45, 2.75) is 30.7 Å². The highest BCUT2D eigenvalue weighted by molar-refractivity contribution is 5.02. The van der Waals surface area contributed by atoms with E-state index in [2.05, 4.69) is 0 Å². The van der Waals surface area contributed by atoms with Gasteiger partial charge in [0.05, 0.1) is 6.61 Å². The van der Waals surface area contributed by atoms with Gasteiger partial charge in [-0.2, -0.15) is 0 Å². The number of aliphatic hydroxyl groups excluding tert-OH is 1. The summed E-state index contributed by atoms with van der Waals surface area (Å²) in [4.78, 5) is 0. The zero-order chi connectivity index (χ0) is 6.72. The summed E-state index contributed by atoms with van der Waals surface area (Å²) in [6.45, 7) is 0.572. The molecule has 1 unspecified atom stereocenters.